The van der Waals surface area contributed by atoms with E-state index in [2.05, 4.69) is 10.6 Å². The van der Waals surface area contributed by atoms with E-state index in [9.17, 15) is 14.4 Å². The molecule has 1 heterocycles. The van der Waals surface area contributed by atoms with Gasteiger partial charge in [0.25, 0.3) is 0 Å². The van der Waals surface area contributed by atoms with Crippen LogP contribution < -0.4 is 10.6 Å². The molecule has 0 spiro atoms. The number of fused-ring (bicyclic) bond motifs is 1. The number of carboxylic acids is 3. The number of nitrogens with one attached hydrogen (secondary N) is 2. The Balaban J connectivity index is 2.53. The molecule has 0 amide bonds. The molecule has 0 fully saturated rings. The van der Waals surface area contributed by atoms with Gasteiger partial charge in [-0.3, -0.25) is 0 Å². The Morgan fingerprint density at radius 1 is 1.11 bits per heavy atom. The molecule has 0 radical (unpaired) electrons. The normalized spacial score (nSPS) is 16.7. The summed E-state index contributed by atoms with van der Waals surface area (Å²) in [5.74, 6) is -3.69. The summed E-state index contributed by atoms with van der Waals surface area (Å²) in [4.78, 5) is 32.9. The molecule has 1 aromatic carbocycles. The Kier molecular flexibility index (Phi) is 2.99. The molecular formula is C11H10N2O6. The van der Waals surface area contributed by atoms with Crippen molar-refractivity contribution >= 4 is 29.3 Å². The molecule has 8 nitrogen and oxygen atoms in total. The summed E-state index contributed by atoms with van der Waals surface area (Å²) in [5.41, 5.74) is -0.103. The van der Waals surface area contributed by atoms with Gasteiger partial charge in [0.2, 0.25) is 0 Å². The molecule has 1 aromatic rings. The maximum atomic E-state index is 11.1. The fourth-order valence-electron chi connectivity index (χ4n) is 1.83. The lowest BCUT2D eigenvalue weighted by atomic mass is 10.0. The number of rotatable bonds is 3. The van der Waals surface area contributed by atoms with Crippen molar-refractivity contribution < 1.29 is 29.7 Å². The molecule has 1 unspecified atom stereocenters. The number of aromatic carboxylic acids is 2. The van der Waals surface area contributed by atoms with Crippen molar-refractivity contribution in [3.8, 4) is 0 Å². The third kappa shape index (κ3) is 2.28. The Hall–Kier alpha value is -2.77. The van der Waals surface area contributed by atoms with E-state index < -0.39 is 23.9 Å². The molecule has 0 aromatic heterocycles. The van der Waals surface area contributed by atoms with E-state index in [0.29, 0.717) is 0 Å². The molecule has 0 aliphatic carbocycles. The molecule has 2 rings (SSSR count). The lowest BCUT2D eigenvalue weighted by Gasteiger charge is -2.27. The molecule has 0 bridgehead atoms. The van der Waals surface area contributed by atoms with Gasteiger partial charge in [0.15, 0.2) is 0 Å². The quantitative estimate of drug-likeness (QED) is 0.529. The van der Waals surface area contributed by atoms with Crippen LogP contribution in [0.1, 0.15) is 20.7 Å². The summed E-state index contributed by atoms with van der Waals surface area (Å²) < 4.78 is 0. The van der Waals surface area contributed by atoms with E-state index in [-0.39, 0.29) is 29.0 Å². The zero-order valence-electron chi connectivity index (χ0n) is 9.51. The van der Waals surface area contributed by atoms with Gasteiger partial charge in [-0.25, -0.2) is 14.4 Å². The second-order valence-corrected chi connectivity index (χ2v) is 3.97. The predicted molar refractivity (Wildman–Crippen MR) is 63.9 cm³/mol. The maximum Gasteiger partial charge on any atom is 0.337 e. The average Bonchev–Trinajstić information content (AvgIpc) is 2.36. The lowest BCUT2D eigenvalue weighted by Crippen LogP contribution is -2.40. The first-order valence-electron chi connectivity index (χ1n) is 5.28. The summed E-state index contributed by atoms with van der Waals surface area (Å²) in [6, 6.07) is 1.28. The van der Waals surface area contributed by atoms with Gasteiger partial charge in [0, 0.05) is 6.54 Å². The van der Waals surface area contributed by atoms with Gasteiger partial charge >= 0.3 is 17.9 Å². The van der Waals surface area contributed by atoms with Crippen LogP contribution in [-0.4, -0.2) is 45.8 Å². The van der Waals surface area contributed by atoms with Crippen LogP contribution in [0.25, 0.3) is 0 Å². The average molecular weight is 266 g/mol. The maximum absolute atomic E-state index is 11.1. The van der Waals surface area contributed by atoms with Crippen molar-refractivity contribution in [2.45, 2.75) is 6.04 Å². The van der Waals surface area contributed by atoms with Crippen LogP contribution in [0, 0.1) is 0 Å². The van der Waals surface area contributed by atoms with Gasteiger partial charge in [-0.2, -0.15) is 0 Å². The highest BCUT2D eigenvalue weighted by Crippen LogP contribution is 2.31. The van der Waals surface area contributed by atoms with E-state index in [1.54, 1.807) is 0 Å². The monoisotopic (exact) mass is 266 g/mol. The van der Waals surface area contributed by atoms with Crippen LogP contribution in [0.15, 0.2) is 12.1 Å². The molecule has 100 valence electrons. The van der Waals surface area contributed by atoms with Gasteiger partial charge < -0.3 is 26.0 Å². The van der Waals surface area contributed by atoms with Crippen molar-refractivity contribution in [3.63, 3.8) is 0 Å². The summed E-state index contributed by atoms with van der Waals surface area (Å²) in [6.45, 7) is 0.00896. The summed E-state index contributed by atoms with van der Waals surface area (Å²) in [6.07, 6.45) is 0. The zero-order valence-corrected chi connectivity index (χ0v) is 9.51. The largest absolute Gasteiger partial charge is 0.480 e. The van der Waals surface area contributed by atoms with Crippen LogP contribution >= 0.6 is 0 Å². The Bertz CT molecular complexity index is 583. The molecule has 1 atom stereocenters. The van der Waals surface area contributed by atoms with Crippen molar-refractivity contribution in [1.82, 2.24) is 0 Å². The summed E-state index contributed by atoms with van der Waals surface area (Å²) >= 11 is 0. The molecule has 1 aliphatic heterocycles. The topological polar surface area (TPSA) is 136 Å². The molecule has 19 heavy (non-hydrogen) atoms. The molecule has 5 N–H and O–H groups in total. The molecule has 0 saturated carbocycles. The van der Waals surface area contributed by atoms with Crippen molar-refractivity contribution in [3.05, 3.63) is 23.3 Å². The van der Waals surface area contributed by atoms with Gasteiger partial charge in [-0.1, -0.05) is 0 Å². The number of aliphatic carboxylic acids is 1. The number of hydrogen-bond donors (Lipinski definition) is 5. The number of hydrogen-bond acceptors (Lipinski definition) is 5. The zero-order chi connectivity index (χ0) is 14.2. The number of benzene rings is 1. The minimum atomic E-state index is -1.29. The van der Waals surface area contributed by atoms with Crippen molar-refractivity contribution in [2.24, 2.45) is 0 Å². The van der Waals surface area contributed by atoms with Crippen LogP contribution in [-0.2, 0) is 4.79 Å². The fraction of sp³-hybridized carbons (Fsp3) is 0.182. The predicted octanol–water partition coefficient (Wildman–Crippen LogP) is 0.374. The Morgan fingerprint density at radius 3 is 2.32 bits per heavy atom. The highest BCUT2D eigenvalue weighted by molar-refractivity contribution is 6.03. The van der Waals surface area contributed by atoms with Crippen LogP contribution in [0.3, 0.4) is 0 Å². The third-order valence-electron chi connectivity index (χ3n) is 2.73. The number of anilines is 2. The summed E-state index contributed by atoms with van der Waals surface area (Å²) in [7, 11) is 0. The number of carboxylic acid groups (broad SMARTS) is 3. The highest BCUT2D eigenvalue weighted by Gasteiger charge is 2.27. The second-order valence-electron chi connectivity index (χ2n) is 3.97. The lowest BCUT2D eigenvalue weighted by molar-refractivity contribution is -0.137. The van der Waals surface area contributed by atoms with E-state index in [1.807, 2.05) is 0 Å². The van der Waals surface area contributed by atoms with Crippen LogP contribution in [0.2, 0.25) is 0 Å². The van der Waals surface area contributed by atoms with E-state index >= 15 is 0 Å². The van der Waals surface area contributed by atoms with Gasteiger partial charge in [0.1, 0.15) is 6.04 Å². The first-order valence-corrected chi connectivity index (χ1v) is 5.28. The summed E-state index contributed by atoms with van der Waals surface area (Å²) in [5, 5.41) is 32.1. The first-order chi connectivity index (χ1) is 8.90. The van der Waals surface area contributed by atoms with E-state index in [1.165, 1.54) is 6.07 Å². The minimum Gasteiger partial charge on any atom is -0.480 e. The minimum absolute atomic E-state index is 0.00896. The standard InChI is InChI=1S/C11H10N2O6/c14-9(15)4-1-5(10(16)17)8-6(2-4)13-7(3-12-8)11(18)19/h1-2,7,12-13H,3H2,(H,14,15)(H,16,17)(H,18,19). The number of carbonyl (C=O) groups is 3. The molecule has 1 aliphatic rings. The Morgan fingerprint density at radius 2 is 1.79 bits per heavy atom. The highest BCUT2D eigenvalue weighted by atomic mass is 16.4. The smallest absolute Gasteiger partial charge is 0.337 e. The van der Waals surface area contributed by atoms with Gasteiger partial charge in [0.05, 0.1) is 22.5 Å². The van der Waals surface area contributed by atoms with Crippen LogP contribution in [0.4, 0.5) is 11.4 Å². The van der Waals surface area contributed by atoms with Crippen molar-refractivity contribution in [1.29, 1.82) is 0 Å². The van der Waals surface area contributed by atoms with Gasteiger partial charge in [-0.05, 0) is 12.1 Å². The van der Waals surface area contributed by atoms with E-state index in [0.717, 1.165) is 6.07 Å². The van der Waals surface area contributed by atoms with Crippen LogP contribution in [0.5, 0.6) is 0 Å². The molecule has 8 heteroatoms. The third-order valence-corrected chi connectivity index (χ3v) is 2.73. The fourth-order valence-corrected chi connectivity index (χ4v) is 1.83. The molecule has 0 saturated heterocycles. The van der Waals surface area contributed by atoms with Crippen molar-refractivity contribution in [2.75, 3.05) is 17.2 Å². The molecular weight excluding hydrogens is 256 g/mol. The Labute approximate surface area is 106 Å². The second kappa shape index (κ2) is 4.48. The first kappa shape index (κ1) is 12.7. The SMILES string of the molecule is O=C(O)c1cc2c(c(C(=O)O)c1)NCC(C(=O)O)N2. The van der Waals surface area contributed by atoms with E-state index in [4.69, 9.17) is 15.3 Å². The van der Waals surface area contributed by atoms with Gasteiger partial charge in [-0.15, -0.1) is 0 Å².